The molecule has 1 amide bonds. The van der Waals surface area contributed by atoms with Gasteiger partial charge in [-0.2, -0.15) is 0 Å². The standard InChI is InChI=1S/C19H19BrN4OS/c1-11-8-9-16(12(2)10-11)21-18(25)13(3)26-19-22-17(23-24-19)14-6-4-5-7-15(14)20/h4-10,13H,1-3H3,(H,21,25)(H,22,23,24). The van der Waals surface area contributed by atoms with Gasteiger partial charge >= 0.3 is 0 Å². The van der Waals surface area contributed by atoms with Crippen LogP contribution in [0.15, 0.2) is 52.1 Å². The number of halogens is 1. The lowest BCUT2D eigenvalue weighted by Gasteiger charge is -2.12. The molecule has 1 atom stereocenters. The number of carbonyl (C=O) groups is 1. The molecular weight excluding hydrogens is 412 g/mol. The number of hydrogen-bond donors (Lipinski definition) is 2. The van der Waals surface area contributed by atoms with E-state index in [-0.39, 0.29) is 11.2 Å². The molecule has 0 fully saturated rings. The van der Waals surface area contributed by atoms with Gasteiger partial charge in [0.15, 0.2) is 5.82 Å². The number of benzene rings is 2. The molecule has 0 spiro atoms. The molecule has 0 saturated heterocycles. The van der Waals surface area contributed by atoms with E-state index in [0.717, 1.165) is 21.3 Å². The molecule has 2 aromatic carbocycles. The van der Waals surface area contributed by atoms with Gasteiger partial charge in [0.05, 0.1) is 5.25 Å². The van der Waals surface area contributed by atoms with Crippen molar-refractivity contribution in [3.63, 3.8) is 0 Å². The van der Waals surface area contributed by atoms with E-state index in [1.165, 1.54) is 17.3 Å². The van der Waals surface area contributed by atoms with Crippen LogP contribution < -0.4 is 5.32 Å². The minimum Gasteiger partial charge on any atom is -0.325 e. The number of aromatic nitrogens is 3. The van der Waals surface area contributed by atoms with Gasteiger partial charge < -0.3 is 5.32 Å². The summed E-state index contributed by atoms with van der Waals surface area (Å²) in [7, 11) is 0. The van der Waals surface area contributed by atoms with Crippen LogP contribution in [-0.2, 0) is 4.79 Å². The smallest absolute Gasteiger partial charge is 0.237 e. The summed E-state index contributed by atoms with van der Waals surface area (Å²) < 4.78 is 0.938. The molecular formula is C19H19BrN4OS. The maximum atomic E-state index is 12.5. The summed E-state index contributed by atoms with van der Waals surface area (Å²) in [5, 5.41) is 10.3. The van der Waals surface area contributed by atoms with Gasteiger partial charge in [-0.05, 0) is 38.5 Å². The zero-order chi connectivity index (χ0) is 18.7. The van der Waals surface area contributed by atoms with Crippen LogP contribution in [0.3, 0.4) is 0 Å². The third-order valence-electron chi connectivity index (χ3n) is 3.89. The molecule has 26 heavy (non-hydrogen) atoms. The molecule has 0 radical (unpaired) electrons. The normalized spacial score (nSPS) is 12.0. The monoisotopic (exact) mass is 430 g/mol. The number of nitrogens with one attached hydrogen (secondary N) is 2. The van der Waals surface area contributed by atoms with Crippen LogP contribution in [0.25, 0.3) is 11.4 Å². The van der Waals surface area contributed by atoms with Crippen molar-refractivity contribution in [2.24, 2.45) is 0 Å². The largest absolute Gasteiger partial charge is 0.325 e. The van der Waals surface area contributed by atoms with Gasteiger partial charge in [-0.25, -0.2) is 4.98 Å². The average molecular weight is 431 g/mol. The minimum atomic E-state index is -0.321. The molecule has 0 aliphatic rings. The molecule has 134 valence electrons. The molecule has 1 heterocycles. The van der Waals surface area contributed by atoms with Crippen molar-refractivity contribution in [2.45, 2.75) is 31.2 Å². The van der Waals surface area contributed by atoms with Crippen molar-refractivity contribution in [3.05, 3.63) is 58.1 Å². The van der Waals surface area contributed by atoms with Crippen LogP contribution in [0, 0.1) is 13.8 Å². The van der Waals surface area contributed by atoms with E-state index in [1.54, 1.807) is 0 Å². The van der Waals surface area contributed by atoms with Gasteiger partial charge in [-0.15, -0.1) is 5.10 Å². The Morgan fingerprint density at radius 3 is 2.73 bits per heavy atom. The van der Waals surface area contributed by atoms with Crippen molar-refractivity contribution in [1.82, 2.24) is 15.2 Å². The van der Waals surface area contributed by atoms with Gasteiger partial charge in [0.2, 0.25) is 11.1 Å². The highest BCUT2D eigenvalue weighted by Gasteiger charge is 2.18. The fourth-order valence-electron chi connectivity index (χ4n) is 2.47. The highest BCUT2D eigenvalue weighted by molar-refractivity contribution is 9.10. The first-order chi connectivity index (χ1) is 12.4. The van der Waals surface area contributed by atoms with E-state index in [9.17, 15) is 4.79 Å². The van der Waals surface area contributed by atoms with Crippen molar-refractivity contribution in [2.75, 3.05) is 5.32 Å². The van der Waals surface area contributed by atoms with Crippen LogP contribution in [0.5, 0.6) is 0 Å². The Morgan fingerprint density at radius 2 is 2.00 bits per heavy atom. The van der Waals surface area contributed by atoms with Crippen molar-refractivity contribution < 1.29 is 4.79 Å². The number of thioether (sulfide) groups is 1. The second-order valence-electron chi connectivity index (χ2n) is 6.01. The van der Waals surface area contributed by atoms with E-state index in [0.29, 0.717) is 11.0 Å². The molecule has 5 nitrogen and oxygen atoms in total. The Balaban J connectivity index is 1.67. The summed E-state index contributed by atoms with van der Waals surface area (Å²) in [6, 6.07) is 13.7. The lowest BCUT2D eigenvalue weighted by molar-refractivity contribution is -0.115. The topological polar surface area (TPSA) is 70.7 Å². The van der Waals surface area contributed by atoms with E-state index >= 15 is 0 Å². The minimum absolute atomic E-state index is 0.0748. The summed E-state index contributed by atoms with van der Waals surface area (Å²) in [6.07, 6.45) is 0. The van der Waals surface area contributed by atoms with Crippen molar-refractivity contribution in [3.8, 4) is 11.4 Å². The molecule has 3 aromatic rings. The molecule has 0 aliphatic heterocycles. The molecule has 7 heteroatoms. The number of aromatic amines is 1. The first kappa shape index (κ1) is 18.7. The van der Waals surface area contributed by atoms with Gasteiger partial charge in [-0.3, -0.25) is 9.89 Å². The predicted octanol–water partition coefficient (Wildman–Crippen LogP) is 4.97. The Kier molecular flexibility index (Phi) is 5.78. The summed E-state index contributed by atoms with van der Waals surface area (Å²) in [5.74, 6) is 0.594. The average Bonchev–Trinajstić information content (AvgIpc) is 3.06. The predicted molar refractivity (Wildman–Crippen MR) is 109 cm³/mol. The molecule has 3 rings (SSSR count). The SMILES string of the molecule is Cc1ccc(NC(=O)C(C)Sc2n[nH]c(-c3ccccc3Br)n2)c(C)c1. The third-order valence-corrected chi connectivity index (χ3v) is 5.54. The molecule has 1 aromatic heterocycles. The number of anilines is 1. The van der Waals surface area contributed by atoms with Crippen LogP contribution >= 0.6 is 27.7 Å². The molecule has 1 unspecified atom stereocenters. The second-order valence-corrected chi connectivity index (χ2v) is 8.18. The van der Waals surface area contributed by atoms with Crippen LogP contribution in [0.2, 0.25) is 0 Å². The third kappa shape index (κ3) is 4.34. The number of carbonyl (C=O) groups excluding carboxylic acids is 1. The quantitative estimate of drug-likeness (QED) is 0.560. The molecule has 0 bridgehead atoms. The molecule has 0 aliphatic carbocycles. The number of hydrogen-bond acceptors (Lipinski definition) is 4. The van der Waals surface area contributed by atoms with Crippen LogP contribution in [0.1, 0.15) is 18.1 Å². The highest BCUT2D eigenvalue weighted by Crippen LogP contribution is 2.28. The van der Waals surface area contributed by atoms with E-state index in [1.807, 2.05) is 63.2 Å². The van der Waals surface area contributed by atoms with Gasteiger partial charge in [0.1, 0.15) is 0 Å². The summed E-state index contributed by atoms with van der Waals surface area (Å²) in [6.45, 7) is 5.86. The van der Waals surface area contributed by atoms with Gasteiger partial charge in [0, 0.05) is 15.7 Å². The van der Waals surface area contributed by atoms with E-state index in [2.05, 4.69) is 36.4 Å². The fraction of sp³-hybridized carbons (Fsp3) is 0.211. The lowest BCUT2D eigenvalue weighted by atomic mass is 10.1. The first-order valence-corrected chi connectivity index (χ1v) is 9.83. The highest BCUT2D eigenvalue weighted by atomic mass is 79.9. The fourth-order valence-corrected chi connectivity index (χ4v) is 3.67. The van der Waals surface area contributed by atoms with E-state index in [4.69, 9.17) is 0 Å². The number of nitrogens with zero attached hydrogens (tertiary/aromatic N) is 2. The summed E-state index contributed by atoms with van der Waals surface area (Å²) in [5.41, 5.74) is 3.98. The maximum absolute atomic E-state index is 12.5. The summed E-state index contributed by atoms with van der Waals surface area (Å²) in [4.78, 5) is 17.0. The van der Waals surface area contributed by atoms with Crippen molar-refractivity contribution >= 4 is 39.3 Å². The van der Waals surface area contributed by atoms with Crippen LogP contribution in [0.4, 0.5) is 5.69 Å². The number of aryl methyl sites for hydroxylation is 2. The van der Waals surface area contributed by atoms with Crippen LogP contribution in [-0.4, -0.2) is 26.3 Å². The zero-order valence-corrected chi connectivity index (χ0v) is 17.1. The second kappa shape index (κ2) is 8.05. The maximum Gasteiger partial charge on any atom is 0.237 e. The van der Waals surface area contributed by atoms with E-state index < -0.39 is 0 Å². The van der Waals surface area contributed by atoms with Gasteiger partial charge in [-0.1, -0.05) is 63.6 Å². The Morgan fingerprint density at radius 1 is 1.23 bits per heavy atom. The molecule has 2 N–H and O–H groups in total. The zero-order valence-electron chi connectivity index (χ0n) is 14.7. The Bertz CT molecular complexity index is 941. The lowest BCUT2D eigenvalue weighted by Crippen LogP contribution is -2.23. The molecule has 0 saturated carbocycles. The number of H-pyrrole nitrogens is 1. The number of rotatable bonds is 5. The summed E-state index contributed by atoms with van der Waals surface area (Å²) >= 11 is 4.83. The van der Waals surface area contributed by atoms with Crippen molar-refractivity contribution in [1.29, 1.82) is 0 Å². The first-order valence-electron chi connectivity index (χ1n) is 8.16. The Labute approximate surface area is 165 Å². The number of amides is 1. The Hall–Kier alpha value is -2.12. The van der Waals surface area contributed by atoms with Gasteiger partial charge in [0.25, 0.3) is 0 Å².